The Bertz CT molecular complexity index is 1680. The zero-order chi connectivity index (χ0) is 23.6. The number of aromatic nitrogens is 1. The standard InChI is InChI=1S/C32H24N2O/c1-32(2)26-9-3-5-11-28(26)34(29-12-6-4-10-27(29)32)23-16-13-21(14-17-23)22-15-18-30-25(20-22)24-8-7-19-33-31(24)35-30/h3-20H,1-2H3. The first-order valence-electron chi connectivity index (χ1n) is 12.0. The second-order valence-electron chi connectivity index (χ2n) is 9.71. The van der Waals surface area contributed by atoms with E-state index in [1.807, 2.05) is 12.1 Å². The molecule has 7 rings (SSSR count). The maximum absolute atomic E-state index is 5.91. The Morgan fingerprint density at radius 2 is 1.31 bits per heavy atom. The average Bonchev–Trinajstić information content (AvgIpc) is 3.27. The van der Waals surface area contributed by atoms with Crippen molar-refractivity contribution in [3.63, 3.8) is 0 Å². The molecule has 1 aliphatic rings. The summed E-state index contributed by atoms with van der Waals surface area (Å²) in [4.78, 5) is 6.75. The number of nitrogens with zero attached hydrogens (tertiary/aromatic N) is 2. The maximum Gasteiger partial charge on any atom is 0.227 e. The van der Waals surface area contributed by atoms with E-state index in [0.29, 0.717) is 5.71 Å². The summed E-state index contributed by atoms with van der Waals surface area (Å²) in [5.41, 5.74) is 10.1. The van der Waals surface area contributed by atoms with Crippen LogP contribution in [-0.4, -0.2) is 4.98 Å². The SMILES string of the molecule is CC1(C)c2ccccc2N(c2ccc(-c3ccc4oc5ncccc5c4c3)cc2)c2ccccc21. The van der Waals surface area contributed by atoms with E-state index >= 15 is 0 Å². The fourth-order valence-electron chi connectivity index (χ4n) is 5.54. The van der Waals surface area contributed by atoms with Crippen LogP contribution in [0.4, 0.5) is 17.1 Å². The molecule has 0 saturated carbocycles. The number of fused-ring (bicyclic) bond motifs is 5. The molecule has 0 bridgehead atoms. The van der Waals surface area contributed by atoms with E-state index in [0.717, 1.165) is 27.6 Å². The highest BCUT2D eigenvalue weighted by molar-refractivity contribution is 6.05. The quantitative estimate of drug-likeness (QED) is 0.263. The van der Waals surface area contributed by atoms with Crippen molar-refractivity contribution in [1.29, 1.82) is 0 Å². The third-order valence-corrected chi connectivity index (χ3v) is 7.34. The Morgan fingerprint density at radius 3 is 2.03 bits per heavy atom. The summed E-state index contributed by atoms with van der Waals surface area (Å²) in [5, 5.41) is 2.14. The molecule has 0 fully saturated rings. The molecule has 3 heteroatoms. The predicted octanol–water partition coefficient (Wildman–Crippen LogP) is 8.76. The number of rotatable bonds is 2. The molecule has 0 amide bonds. The number of benzene rings is 4. The molecule has 3 nitrogen and oxygen atoms in total. The molecule has 1 aliphatic heterocycles. The van der Waals surface area contributed by atoms with Gasteiger partial charge in [-0.1, -0.05) is 68.4 Å². The van der Waals surface area contributed by atoms with Crippen LogP contribution in [0.5, 0.6) is 0 Å². The third kappa shape index (κ3) is 2.95. The smallest absolute Gasteiger partial charge is 0.227 e. The summed E-state index contributed by atoms with van der Waals surface area (Å²) < 4.78 is 5.91. The zero-order valence-corrected chi connectivity index (χ0v) is 19.7. The molecule has 0 N–H and O–H groups in total. The molecule has 0 atom stereocenters. The van der Waals surface area contributed by atoms with Crippen molar-refractivity contribution in [1.82, 2.24) is 4.98 Å². The molecule has 0 aliphatic carbocycles. The fourth-order valence-corrected chi connectivity index (χ4v) is 5.54. The van der Waals surface area contributed by atoms with Gasteiger partial charge in [0.25, 0.3) is 0 Å². The Balaban J connectivity index is 1.34. The first-order valence-corrected chi connectivity index (χ1v) is 12.0. The van der Waals surface area contributed by atoms with Gasteiger partial charge in [-0.2, -0.15) is 0 Å². The highest BCUT2D eigenvalue weighted by Gasteiger charge is 2.36. The Labute approximate surface area is 204 Å². The van der Waals surface area contributed by atoms with Crippen LogP contribution in [0.15, 0.2) is 114 Å². The predicted molar refractivity (Wildman–Crippen MR) is 144 cm³/mol. The topological polar surface area (TPSA) is 29.3 Å². The Morgan fingerprint density at radius 1 is 0.657 bits per heavy atom. The molecule has 168 valence electrons. The van der Waals surface area contributed by atoms with Crippen molar-refractivity contribution in [3.05, 3.63) is 120 Å². The van der Waals surface area contributed by atoms with Gasteiger partial charge in [-0.05, 0) is 70.8 Å². The van der Waals surface area contributed by atoms with Gasteiger partial charge in [0, 0.05) is 28.1 Å². The number of hydrogen-bond donors (Lipinski definition) is 0. The number of hydrogen-bond acceptors (Lipinski definition) is 3. The molecule has 3 heterocycles. The van der Waals surface area contributed by atoms with Crippen molar-refractivity contribution < 1.29 is 4.42 Å². The van der Waals surface area contributed by atoms with Gasteiger partial charge in [-0.15, -0.1) is 0 Å². The van der Waals surface area contributed by atoms with E-state index in [9.17, 15) is 0 Å². The molecule has 4 aromatic carbocycles. The highest BCUT2D eigenvalue weighted by Crippen LogP contribution is 2.51. The molecular weight excluding hydrogens is 428 g/mol. The van der Waals surface area contributed by atoms with Crippen LogP contribution in [0.1, 0.15) is 25.0 Å². The van der Waals surface area contributed by atoms with Crippen molar-refractivity contribution in [3.8, 4) is 11.1 Å². The van der Waals surface area contributed by atoms with Crippen molar-refractivity contribution in [2.45, 2.75) is 19.3 Å². The molecule has 0 spiro atoms. The van der Waals surface area contributed by atoms with Crippen LogP contribution >= 0.6 is 0 Å². The van der Waals surface area contributed by atoms with Crippen LogP contribution in [-0.2, 0) is 5.41 Å². The lowest BCUT2D eigenvalue weighted by molar-refractivity contribution is 0.632. The lowest BCUT2D eigenvalue weighted by atomic mass is 9.73. The lowest BCUT2D eigenvalue weighted by Gasteiger charge is -2.42. The Hall–Kier alpha value is -4.37. The summed E-state index contributed by atoms with van der Waals surface area (Å²) in [5.74, 6) is 0. The molecule has 0 unspecified atom stereocenters. The minimum Gasteiger partial charge on any atom is -0.438 e. The monoisotopic (exact) mass is 452 g/mol. The summed E-state index contributed by atoms with van der Waals surface area (Å²) in [7, 11) is 0. The van der Waals surface area contributed by atoms with Gasteiger partial charge in [-0.3, -0.25) is 0 Å². The lowest BCUT2D eigenvalue weighted by Crippen LogP contribution is -2.30. The van der Waals surface area contributed by atoms with Gasteiger partial charge in [0.1, 0.15) is 5.58 Å². The third-order valence-electron chi connectivity index (χ3n) is 7.34. The minimum absolute atomic E-state index is 0.0543. The molecule has 35 heavy (non-hydrogen) atoms. The molecular formula is C32H24N2O. The first-order chi connectivity index (χ1) is 17.1. The molecule has 2 aromatic heterocycles. The van der Waals surface area contributed by atoms with E-state index in [4.69, 9.17) is 4.42 Å². The highest BCUT2D eigenvalue weighted by atomic mass is 16.3. The van der Waals surface area contributed by atoms with Crippen molar-refractivity contribution in [2.24, 2.45) is 0 Å². The zero-order valence-electron chi connectivity index (χ0n) is 19.7. The normalized spacial score (nSPS) is 14.2. The van der Waals surface area contributed by atoms with Gasteiger partial charge in [-0.25, -0.2) is 4.98 Å². The van der Waals surface area contributed by atoms with E-state index < -0.39 is 0 Å². The minimum atomic E-state index is -0.0543. The van der Waals surface area contributed by atoms with Crippen molar-refractivity contribution >= 4 is 39.1 Å². The number of pyridine rings is 1. The summed E-state index contributed by atoms with van der Waals surface area (Å²) in [6, 6.07) is 36.7. The maximum atomic E-state index is 5.91. The summed E-state index contributed by atoms with van der Waals surface area (Å²) in [6.45, 7) is 4.63. The Kier molecular flexibility index (Phi) is 4.19. The second kappa shape index (κ2) is 7.31. The summed E-state index contributed by atoms with van der Waals surface area (Å²) >= 11 is 0. The first kappa shape index (κ1) is 20.0. The van der Waals surface area contributed by atoms with E-state index in [2.05, 4.69) is 115 Å². The molecule has 0 radical (unpaired) electrons. The van der Waals surface area contributed by atoms with Gasteiger partial charge < -0.3 is 9.32 Å². The summed E-state index contributed by atoms with van der Waals surface area (Å²) in [6.07, 6.45) is 1.77. The van der Waals surface area contributed by atoms with Gasteiger partial charge in [0.05, 0.1) is 11.4 Å². The fraction of sp³-hybridized carbons (Fsp3) is 0.0938. The molecule has 0 saturated heterocycles. The van der Waals surface area contributed by atoms with Crippen LogP contribution in [0.3, 0.4) is 0 Å². The number of furan rings is 1. The van der Waals surface area contributed by atoms with E-state index in [-0.39, 0.29) is 5.41 Å². The van der Waals surface area contributed by atoms with Gasteiger partial charge in [0.15, 0.2) is 0 Å². The van der Waals surface area contributed by atoms with Crippen LogP contribution in [0.2, 0.25) is 0 Å². The number of anilines is 3. The molecule has 6 aromatic rings. The average molecular weight is 453 g/mol. The second-order valence-corrected chi connectivity index (χ2v) is 9.71. The van der Waals surface area contributed by atoms with Crippen molar-refractivity contribution in [2.75, 3.05) is 4.90 Å². The van der Waals surface area contributed by atoms with Gasteiger partial charge in [0.2, 0.25) is 5.71 Å². The largest absolute Gasteiger partial charge is 0.438 e. The number of para-hydroxylation sites is 2. The van der Waals surface area contributed by atoms with Crippen LogP contribution in [0, 0.1) is 0 Å². The van der Waals surface area contributed by atoms with Crippen LogP contribution < -0.4 is 4.90 Å². The van der Waals surface area contributed by atoms with Crippen LogP contribution in [0.25, 0.3) is 33.2 Å². The van der Waals surface area contributed by atoms with E-state index in [1.54, 1.807) is 6.20 Å². The van der Waals surface area contributed by atoms with E-state index in [1.165, 1.54) is 28.1 Å². The van der Waals surface area contributed by atoms with Gasteiger partial charge >= 0.3 is 0 Å².